The van der Waals surface area contributed by atoms with Crippen molar-refractivity contribution in [1.82, 2.24) is 10.2 Å². The number of hydrogen-bond acceptors (Lipinski definition) is 2. The number of hydrogen-bond donors (Lipinski definition) is 1. The molecule has 0 aromatic heterocycles. The lowest BCUT2D eigenvalue weighted by molar-refractivity contribution is 0.112. The maximum absolute atomic E-state index is 3.44. The van der Waals surface area contributed by atoms with Crippen molar-refractivity contribution in [3.63, 3.8) is 0 Å². The molecule has 2 nitrogen and oxygen atoms in total. The van der Waals surface area contributed by atoms with Crippen molar-refractivity contribution < 1.29 is 0 Å². The van der Waals surface area contributed by atoms with Crippen molar-refractivity contribution >= 4 is 0 Å². The summed E-state index contributed by atoms with van der Waals surface area (Å²) < 4.78 is 0. The van der Waals surface area contributed by atoms with Gasteiger partial charge in [0.1, 0.15) is 0 Å². The molecule has 0 radical (unpaired) electrons. The standard InChI is InChI=1S/C13H26N2/c1-10-6-7-13(11(10)2)15-8-4-5-12(9-15)14-3/h10-14H,4-9H2,1-3H3. The van der Waals surface area contributed by atoms with Crippen LogP contribution in [0.15, 0.2) is 0 Å². The molecule has 1 N–H and O–H groups in total. The van der Waals surface area contributed by atoms with E-state index in [0.29, 0.717) is 0 Å². The molecule has 0 aromatic rings. The summed E-state index contributed by atoms with van der Waals surface area (Å²) in [7, 11) is 2.11. The van der Waals surface area contributed by atoms with Crippen LogP contribution in [0.5, 0.6) is 0 Å². The zero-order chi connectivity index (χ0) is 10.8. The van der Waals surface area contributed by atoms with Gasteiger partial charge in [0, 0.05) is 18.6 Å². The van der Waals surface area contributed by atoms with E-state index < -0.39 is 0 Å². The molecule has 0 amide bonds. The first kappa shape index (κ1) is 11.4. The highest BCUT2D eigenvalue weighted by atomic mass is 15.2. The third-order valence-corrected chi connectivity index (χ3v) is 4.75. The summed E-state index contributed by atoms with van der Waals surface area (Å²) in [5, 5.41) is 3.44. The Hall–Kier alpha value is -0.0800. The molecule has 0 aromatic carbocycles. The molecule has 2 fully saturated rings. The lowest BCUT2D eigenvalue weighted by Gasteiger charge is -2.39. The monoisotopic (exact) mass is 210 g/mol. The van der Waals surface area contributed by atoms with E-state index in [4.69, 9.17) is 0 Å². The van der Waals surface area contributed by atoms with E-state index in [9.17, 15) is 0 Å². The molecule has 4 unspecified atom stereocenters. The molecule has 88 valence electrons. The number of likely N-dealkylation sites (tertiary alicyclic amines) is 1. The van der Waals surface area contributed by atoms with Crippen LogP contribution in [0.2, 0.25) is 0 Å². The zero-order valence-corrected chi connectivity index (χ0v) is 10.5. The fraction of sp³-hybridized carbons (Fsp3) is 1.00. The van der Waals surface area contributed by atoms with Crippen LogP contribution in [0, 0.1) is 11.8 Å². The Bertz CT molecular complexity index is 205. The Labute approximate surface area is 94.4 Å². The number of piperidine rings is 1. The SMILES string of the molecule is CNC1CCCN(C2CCC(C)C2C)C1. The van der Waals surface area contributed by atoms with Crippen LogP contribution < -0.4 is 5.32 Å². The Morgan fingerprint density at radius 3 is 2.53 bits per heavy atom. The summed E-state index contributed by atoms with van der Waals surface area (Å²) in [4.78, 5) is 2.75. The minimum absolute atomic E-state index is 0.738. The van der Waals surface area contributed by atoms with Gasteiger partial charge < -0.3 is 5.32 Å². The van der Waals surface area contributed by atoms with Crippen LogP contribution >= 0.6 is 0 Å². The molecule has 4 atom stereocenters. The van der Waals surface area contributed by atoms with Gasteiger partial charge in [-0.25, -0.2) is 0 Å². The van der Waals surface area contributed by atoms with Gasteiger partial charge in [-0.05, 0) is 51.1 Å². The van der Waals surface area contributed by atoms with E-state index in [0.717, 1.165) is 23.9 Å². The smallest absolute Gasteiger partial charge is 0.0192 e. The topological polar surface area (TPSA) is 15.3 Å². The Morgan fingerprint density at radius 1 is 1.13 bits per heavy atom. The molecule has 0 spiro atoms. The first-order valence-corrected chi connectivity index (χ1v) is 6.63. The average Bonchev–Trinajstić information content (AvgIpc) is 2.60. The maximum atomic E-state index is 3.44. The molecule has 1 aliphatic heterocycles. The van der Waals surface area contributed by atoms with Crippen molar-refractivity contribution in [3.05, 3.63) is 0 Å². The highest BCUT2D eigenvalue weighted by molar-refractivity contribution is 4.90. The predicted octanol–water partition coefficient (Wildman–Crippen LogP) is 2.10. The van der Waals surface area contributed by atoms with E-state index in [2.05, 4.69) is 31.1 Å². The van der Waals surface area contributed by atoms with Gasteiger partial charge in [-0.15, -0.1) is 0 Å². The fourth-order valence-corrected chi connectivity index (χ4v) is 3.40. The van der Waals surface area contributed by atoms with Crippen molar-refractivity contribution in [2.75, 3.05) is 20.1 Å². The van der Waals surface area contributed by atoms with Crippen LogP contribution in [0.3, 0.4) is 0 Å². The van der Waals surface area contributed by atoms with Crippen LogP contribution in [-0.4, -0.2) is 37.1 Å². The van der Waals surface area contributed by atoms with Crippen molar-refractivity contribution in [2.24, 2.45) is 11.8 Å². The quantitative estimate of drug-likeness (QED) is 0.751. The second-order valence-electron chi connectivity index (χ2n) is 5.60. The molecule has 15 heavy (non-hydrogen) atoms. The first-order chi connectivity index (χ1) is 7.22. The first-order valence-electron chi connectivity index (χ1n) is 6.63. The van der Waals surface area contributed by atoms with Gasteiger partial charge in [0.2, 0.25) is 0 Å². The van der Waals surface area contributed by atoms with Gasteiger partial charge in [0.25, 0.3) is 0 Å². The molecule has 2 rings (SSSR count). The molecule has 2 aliphatic rings. The molecule has 1 saturated carbocycles. The third kappa shape index (κ3) is 2.36. The van der Waals surface area contributed by atoms with Gasteiger partial charge in [-0.2, -0.15) is 0 Å². The Kier molecular flexibility index (Phi) is 3.68. The number of nitrogens with zero attached hydrogens (tertiary/aromatic N) is 1. The normalized spacial score (nSPS) is 43.4. The van der Waals surface area contributed by atoms with Crippen LogP contribution in [-0.2, 0) is 0 Å². The van der Waals surface area contributed by atoms with Gasteiger partial charge in [0.05, 0.1) is 0 Å². The number of nitrogens with one attached hydrogen (secondary N) is 1. The predicted molar refractivity (Wildman–Crippen MR) is 65.0 cm³/mol. The largest absolute Gasteiger partial charge is 0.316 e. The van der Waals surface area contributed by atoms with Gasteiger partial charge in [-0.3, -0.25) is 4.90 Å². The molecule has 2 heteroatoms. The summed E-state index contributed by atoms with van der Waals surface area (Å²) in [5.74, 6) is 1.84. The second kappa shape index (κ2) is 4.84. The average molecular weight is 210 g/mol. The Balaban J connectivity index is 1.92. The molecule has 1 saturated heterocycles. The minimum atomic E-state index is 0.738. The van der Waals surface area contributed by atoms with E-state index in [1.165, 1.54) is 38.8 Å². The van der Waals surface area contributed by atoms with Crippen LogP contribution in [0.4, 0.5) is 0 Å². The summed E-state index contributed by atoms with van der Waals surface area (Å²) in [6.45, 7) is 7.48. The van der Waals surface area contributed by atoms with Crippen LogP contribution in [0.1, 0.15) is 39.5 Å². The molecule has 0 bridgehead atoms. The maximum Gasteiger partial charge on any atom is 0.0192 e. The fourth-order valence-electron chi connectivity index (χ4n) is 3.40. The lowest BCUT2D eigenvalue weighted by Crippen LogP contribution is -2.49. The van der Waals surface area contributed by atoms with Gasteiger partial charge >= 0.3 is 0 Å². The van der Waals surface area contributed by atoms with Crippen molar-refractivity contribution in [2.45, 2.75) is 51.6 Å². The van der Waals surface area contributed by atoms with E-state index in [-0.39, 0.29) is 0 Å². The number of likely N-dealkylation sites (N-methyl/N-ethyl adjacent to an activating group) is 1. The molecule has 1 aliphatic carbocycles. The summed E-state index contributed by atoms with van der Waals surface area (Å²) >= 11 is 0. The second-order valence-corrected chi connectivity index (χ2v) is 5.60. The third-order valence-electron chi connectivity index (χ3n) is 4.75. The molecular formula is C13H26N2. The molecule has 1 heterocycles. The van der Waals surface area contributed by atoms with E-state index in [1.807, 2.05) is 0 Å². The van der Waals surface area contributed by atoms with Gasteiger partial charge in [-0.1, -0.05) is 13.8 Å². The van der Waals surface area contributed by atoms with Crippen molar-refractivity contribution in [3.8, 4) is 0 Å². The van der Waals surface area contributed by atoms with E-state index >= 15 is 0 Å². The lowest BCUT2D eigenvalue weighted by atomic mass is 9.94. The van der Waals surface area contributed by atoms with Crippen LogP contribution in [0.25, 0.3) is 0 Å². The van der Waals surface area contributed by atoms with E-state index in [1.54, 1.807) is 0 Å². The van der Waals surface area contributed by atoms with Crippen molar-refractivity contribution in [1.29, 1.82) is 0 Å². The highest BCUT2D eigenvalue weighted by Gasteiger charge is 2.35. The minimum Gasteiger partial charge on any atom is -0.316 e. The Morgan fingerprint density at radius 2 is 1.93 bits per heavy atom. The van der Waals surface area contributed by atoms with Gasteiger partial charge in [0.15, 0.2) is 0 Å². The summed E-state index contributed by atoms with van der Waals surface area (Å²) in [6, 6.07) is 1.61. The summed E-state index contributed by atoms with van der Waals surface area (Å²) in [5.41, 5.74) is 0. The molecular weight excluding hydrogens is 184 g/mol. The number of rotatable bonds is 2. The summed E-state index contributed by atoms with van der Waals surface area (Å²) in [6.07, 6.45) is 5.61. The zero-order valence-electron chi connectivity index (χ0n) is 10.5. The highest BCUT2D eigenvalue weighted by Crippen LogP contribution is 2.35.